The number of non-ortho nitro benzene ring substituents is 1. The number of β-lactam (4-membered cyclic amide) rings is 1. The smallest absolute Gasteiger partial charge is 0.353 e. The highest BCUT2D eigenvalue weighted by Crippen LogP contribution is 2.46. The van der Waals surface area contributed by atoms with Gasteiger partial charge in [-0.1, -0.05) is 35.8 Å². The summed E-state index contributed by atoms with van der Waals surface area (Å²) in [5.74, 6) is -2.87. The number of benzene rings is 1. The Balaban J connectivity index is 1.56. The van der Waals surface area contributed by atoms with E-state index in [0.29, 0.717) is 18.4 Å². The quantitative estimate of drug-likeness (QED) is 0.0803. The number of nitro benzene ring substituents is 1. The average Bonchev–Trinajstić information content (AvgIpc) is 3.39. The summed E-state index contributed by atoms with van der Waals surface area (Å²) in [6.45, 7) is 2.06. The molecule has 2 aromatic rings. The minimum absolute atomic E-state index is 0.0573. The lowest BCUT2D eigenvalue weighted by molar-refractivity contribution is -0.384. The van der Waals surface area contributed by atoms with Gasteiger partial charge in [-0.3, -0.25) is 29.4 Å². The summed E-state index contributed by atoms with van der Waals surface area (Å²) in [5.41, 5.74) is 0.0489. The third kappa shape index (κ3) is 5.93. The molecule has 0 radical (unpaired) electrons. The fourth-order valence-corrected chi connectivity index (χ4v) is 6.48. The third-order valence-corrected chi connectivity index (χ3v) is 8.59. The number of carboxylic acid groups (broad SMARTS) is 1. The molecule has 2 aliphatic rings. The number of oxime groups is 1. The monoisotopic (exact) mass is 608 g/mol. The Hall–Kier alpha value is -4.02. The number of hydrogen-bond acceptors (Lipinski definition) is 11. The normalized spacial score (nSPS) is 20.4. The molecule has 3 amide bonds. The molecule has 14 nitrogen and oxygen atoms in total. The molecule has 2 unspecified atom stereocenters. The van der Waals surface area contributed by atoms with Crippen molar-refractivity contribution in [3.05, 3.63) is 61.7 Å². The highest BCUT2D eigenvalue weighted by atomic mass is 35.5. The molecular formula is C23H21ClN6O8S2. The maximum absolute atomic E-state index is 13.2. The number of thioether (sulfide) groups is 1. The predicted molar refractivity (Wildman–Crippen MR) is 146 cm³/mol. The molecule has 40 heavy (non-hydrogen) atoms. The number of rotatable bonds is 12. The molecule has 0 saturated carbocycles. The number of aliphatic carboxylic acids is 1. The second kappa shape index (κ2) is 12.4. The van der Waals surface area contributed by atoms with Gasteiger partial charge in [0.05, 0.1) is 9.96 Å². The van der Waals surface area contributed by atoms with Gasteiger partial charge in [-0.05, 0) is 18.4 Å². The van der Waals surface area contributed by atoms with Crippen molar-refractivity contribution in [3.8, 4) is 0 Å². The number of thiazole rings is 1. The standard InChI is InChI=1S/C23H21ClN6O8S2/c1-2-7-38-28-16(13-9-39-23(26-13)25-10-31)19(32)27-17-20(33)29-18(22(34)35)15(24)14(40-21(17)29)8-11-3-5-12(6-4-11)30(36)37/h3-6,9-10,14,17,21H,2,7-8H2,1H3,(H,27,32)(H,34,35)(H,25,26,31)/t14?,17?,21-/m1/s1. The number of anilines is 1. The van der Waals surface area contributed by atoms with Gasteiger partial charge in [0.25, 0.3) is 17.5 Å². The number of carbonyl (C=O) groups excluding carboxylic acids is 3. The SMILES string of the molecule is CCCON=C(C(=O)NC1C(=O)N2C(C(=O)O)=C(Cl)C(Cc3ccc([N+](=O)[O-])cc3)S[C@H]12)c1csc(NC=O)n1. The van der Waals surface area contributed by atoms with Gasteiger partial charge in [0.15, 0.2) is 10.8 Å². The topological polar surface area (TPSA) is 193 Å². The molecule has 4 rings (SSSR count). The minimum atomic E-state index is -1.41. The molecule has 1 aromatic carbocycles. The molecule has 3 heterocycles. The Bertz CT molecular complexity index is 1410. The van der Waals surface area contributed by atoms with E-state index >= 15 is 0 Å². The zero-order valence-corrected chi connectivity index (χ0v) is 23.0. The van der Waals surface area contributed by atoms with Crippen LogP contribution in [0.4, 0.5) is 10.8 Å². The molecule has 1 fully saturated rings. The van der Waals surface area contributed by atoms with Crippen molar-refractivity contribution >= 4 is 75.4 Å². The van der Waals surface area contributed by atoms with E-state index < -0.39 is 45.1 Å². The van der Waals surface area contributed by atoms with Crippen molar-refractivity contribution in [2.45, 2.75) is 36.4 Å². The lowest BCUT2D eigenvalue weighted by Crippen LogP contribution is -2.71. The number of aromatic nitrogens is 1. The first-order chi connectivity index (χ1) is 19.2. The Morgan fingerprint density at radius 1 is 1.35 bits per heavy atom. The number of amides is 3. The largest absolute Gasteiger partial charge is 0.477 e. The van der Waals surface area contributed by atoms with Crippen LogP contribution < -0.4 is 10.6 Å². The van der Waals surface area contributed by atoms with Gasteiger partial charge in [0.2, 0.25) is 6.41 Å². The molecule has 1 aromatic heterocycles. The lowest BCUT2D eigenvalue weighted by Gasteiger charge is -2.50. The van der Waals surface area contributed by atoms with Crippen LogP contribution in [0.15, 0.2) is 45.5 Å². The fourth-order valence-electron chi connectivity index (χ4n) is 3.90. The molecule has 0 spiro atoms. The van der Waals surface area contributed by atoms with E-state index in [0.717, 1.165) is 16.2 Å². The minimum Gasteiger partial charge on any atom is -0.477 e. The second-order valence-electron chi connectivity index (χ2n) is 8.38. The Morgan fingerprint density at radius 2 is 2.08 bits per heavy atom. The molecule has 210 valence electrons. The first-order valence-electron chi connectivity index (χ1n) is 11.7. The van der Waals surface area contributed by atoms with Crippen LogP contribution in [0.25, 0.3) is 0 Å². The molecule has 1 saturated heterocycles. The summed E-state index contributed by atoms with van der Waals surface area (Å²) in [5, 5.41) is 29.8. The lowest BCUT2D eigenvalue weighted by atomic mass is 10.0. The van der Waals surface area contributed by atoms with E-state index in [-0.39, 0.29) is 40.3 Å². The highest BCUT2D eigenvalue weighted by molar-refractivity contribution is 8.01. The van der Waals surface area contributed by atoms with E-state index in [4.69, 9.17) is 16.4 Å². The van der Waals surface area contributed by atoms with Crippen LogP contribution in [0.5, 0.6) is 0 Å². The number of nitrogens with zero attached hydrogens (tertiary/aromatic N) is 4. The Labute approximate surface area is 239 Å². The number of fused-ring (bicyclic) bond motifs is 1. The number of carboxylic acids is 1. The van der Waals surface area contributed by atoms with Crippen LogP contribution >= 0.6 is 34.7 Å². The molecule has 2 aliphatic heterocycles. The number of halogens is 1. The summed E-state index contributed by atoms with van der Waals surface area (Å²) < 4.78 is 0. The summed E-state index contributed by atoms with van der Waals surface area (Å²) in [6.07, 6.45) is 1.27. The van der Waals surface area contributed by atoms with Crippen LogP contribution in [0.3, 0.4) is 0 Å². The van der Waals surface area contributed by atoms with E-state index in [1.165, 1.54) is 29.3 Å². The molecule has 0 aliphatic carbocycles. The first-order valence-corrected chi connectivity index (χ1v) is 13.9. The Morgan fingerprint density at radius 3 is 2.70 bits per heavy atom. The maximum atomic E-state index is 13.2. The third-order valence-electron chi connectivity index (χ3n) is 5.75. The van der Waals surface area contributed by atoms with Gasteiger partial charge in [-0.25, -0.2) is 9.78 Å². The second-order valence-corrected chi connectivity index (χ2v) is 11.0. The fraction of sp³-hybridized carbons (Fsp3) is 0.304. The average molecular weight is 609 g/mol. The van der Waals surface area contributed by atoms with E-state index in [1.54, 1.807) is 12.1 Å². The van der Waals surface area contributed by atoms with Crippen molar-refractivity contribution in [3.63, 3.8) is 0 Å². The maximum Gasteiger partial charge on any atom is 0.353 e. The molecular weight excluding hydrogens is 588 g/mol. The van der Waals surface area contributed by atoms with Gasteiger partial charge >= 0.3 is 5.97 Å². The molecule has 3 N–H and O–H groups in total. The van der Waals surface area contributed by atoms with E-state index in [9.17, 15) is 34.4 Å². The van der Waals surface area contributed by atoms with Gasteiger partial charge in [0, 0.05) is 22.8 Å². The zero-order chi connectivity index (χ0) is 29.0. The number of nitrogens with one attached hydrogen (secondary N) is 2. The van der Waals surface area contributed by atoms with Crippen LogP contribution in [0.2, 0.25) is 0 Å². The van der Waals surface area contributed by atoms with Crippen molar-refractivity contribution in [2.75, 3.05) is 11.9 Å². The summed E-state index contributed by atoms with van der Waals surface area (Å²) in [7, 11) is 0. The molecule has 0 bridgehead atoms. The van der Waals surface area contributed by atoms with Gasteiger partial charge in [0.1, 0.15) is 29.4 Å². The van der Waals surface area contributed by atoms with Crippen molar-refractivity contribution in [1.82, 2.24) is 15.2 Å². The highest BCUT2D eigenvalue weighted by Gasteiger charge is 2.56. The summed E-state index contributed by atoms with van der Waals surface area (Å²) in [4.78, 5) is 69.8. The van der Waals surface area contributed by atoms with Crippen molar-refractivity contribution < 1.29 is 34.0 Å². The zero-order valence-electron chi connectivity index (χ0n) is 20.6. The predicted octanol–water partition coefficient (Wildman–Crippen LogP) is 2.30. The van der Waals surface area contributed by atoms with Gasteiger partial charge in [-0.15, -0.1) is 23.1 Å². The number of hydrogen-bond donors (Lipinski definition) is 3. The number of carbonyl (C=O) groups is 4. The molecule has 17 heteroatoms. The van der Waals surface area contributed by atoms with Crippen molar-refractivity contribution in [1.29, 1.82) is 0 Å². The number of nitro groups is 1. The first kappa shape index (κ1) is 29.0. The van der Waals surface area contributed by atoms with E-state index in [1.807, 2.05) is 6.92 Å². The van der Waals surface area contributed by atoms with Crippen molar-refractivity contribution in [2.24, 2.45) is 5.16 Å². The van der Waals surface area contributed by atoms with E-state index in [2.05, 4.69) is 20.8 Å². The van der Waals surface area contributed by atoms with Crippen LogP contribution in [0.1, 0.15) is 24.6 Å². The summed E-state index contributed by atoms with van der Waals surface area (Å²) >= 11 is 8.66. The van der Waals surface area contributed by atoms with Crippen LogP contribution in [0, 0.1) is 10.1 Å². The van der Waals surface area contributed by atoms with Crippen LogP contribution in [-0.4, -0.2) is 73.1 Å². The molecule has 3 atom stereocenters. The van der Waals surface area contributed by atoms with Crippen LogP contribution in [-0.2, 0) is 30.4 Å². The Kier molecular flexibility index (Phi) is 9.01. The summed E-state index contributed by atoms with van der Waals surface area (Å²) in [6, 6.07) is 4.63. The van der Waals surface area contributed by atoms with Gasteiger partial charge < -0.3 is 20.6 Å². The van der Waals surface area contributed by atoms with Gasteiger partial charge in [-0.2, -0.15) is 0 Å².